The first-order chi connectivity index (χ1) is 13.2. The van der Waals surface area contributed by atoms with Crippen molar-refractivity contribution < 1.29 is 19.4 Å². The van der Waals surface area contributed by atoms with Crippen molar-refractivity contribution in [1.29, 1.82) is 0 Å². The summed E-state index contributed by atoms with van der Waals surface area (Å²) in [4.78, 5) is 24.9. The van der Waals surface area contributed by atoms with Gasteiger partial charge in [0, 0.05) is 16.9 Å². The van der Waals surface area contributed by atoms with Crippen molar-refractivity contribution in [3.63, 3.8) is 0 Å². The minimum absolute atomic E-state index is 0.122. The highest BCUT2D eigenvalue weighted by molar-refractivity contribution is 7.99. The number of hydrogen-bond donors (Lipinski definition) is 1. The summed E-state index contributed by atoms with van der Waals surface area (Å²) < 4.78 is 5.61. The number of Topliss-reactive ketones (excluding diaryl/α,β-unsaturated/α-hetero) is 1. The molecule has 0 fully saturated rings. The highest BCUT2D eigenvalue weighted by Gasteiger charge is 2.29. The van der Waals surface area contributed by atoms with Gasteiger partial charge in [0.2, 0.25) is 0 Å². The number of aliphatic carboxylic acids is 1. The molecule has 0 aliphatic heterocycles. The van der Waals surface area contributed by atoms with Crippen LogP contribution in [0.15, 0.2) is 47.4 Å². The largest absolute Gasteiger partial charge is 0.478 e. The van der Waals surface area contributed by atoms with E-state index < -0.39 is 11.6 Å². The van der Waals surface area contributed by atoms with Crippen molar-refractivity contribution in [1.82, 2.24) is 0 Å². The Kier molecular flexibility index (Phi) is 7.69. The average molecular weight is 401 g/mol. The first-order valence-electron chi connectivity index (χ1n) is 9.51. The normalized spacial score (nSPS) is 11.3. The van der Waals surface area contributed by atoms with Gasteiger partial charge in [-0.15, -0.1) is 11.8 Å². The SMILES string of the molecule is CCCSc1ccc(C(=O)CCc2ccc(OC(C)(C)C(=O)O)c(C)c2)cc1. The molecule has 2 aromatic rings. The van der Waals surface area contributed by atoms with Crippen LogP contribution in [0, 0.1) is 6.92 Å². The first-order valence-corrected chi connectivity index (χ1v) is 10.5. The van der Waals surface area contributed by atoms with Crippen LogP contribution in [0.25, 0.3) is 0 Å². The van der Waals surface area contributed by atoms with E-state index in [9.17, 15) is 14.7 Å². The van der Waals surface area contributed by atoms with Crippen molar-refractivity contribution in [2.45, 2.75) is 57.5 Å². The number of rotatable bonds is 10. The van der Waals surface area contributed by atoms with Crippen LogP contribution in [0.5, 0.6) is 5.75 Å². The highest BCUT2D eigenvalue weighted by Crippen LogP contribution is 2.25. The summed E-state index contributed by atoms with van der Waals surface area (Å²) in [6.07, 6.45) is 2.19. The van der Waals surface area contributed by atoms with E-state index in [-0.39, 0.29) is 5.78 Å². The Morgan fingerprint density at radius 1 is 1.11 bits per heavy atom. The fourth-order valence-corrected chi connectivity index (χ4v) is 3.43. The summed E-state index contributed by atoms with van der Waals surface area (Å²) in [6, 6.07) is 13.4. The van der Waals surface area contributed by atoms with Gasteiger partial charge in [-0.3, -0.25) is 4.79 Å². The van der Waals surface area contributed by atoms with Gasteiger partial charge < -0.3 is 9.84 Å². The molecule has 150 valence electrons. The minimum Gasteiger partial charge on any atom is -0.478 e. The second-order valence-electron chi connectivity index (χ2n) is 7.31. The number of thioether (sulfide) groups is 1. The van der Waals surface area contributed by atoms with Crippen LogP contribution in [0.2, 0.25) is 0 Å². The Hall–Kier alpha value is -2.27. The lowest BCUT2D eigenvalue weighted by Gasteiger charge is -2.23. The van der Waals surface area contributed by atoms with Crippen LogP contribution in [0.1, 0.15) is 55.1 Å². The lowest BCUT2D eigenvalue weighted by Crippen LogP contribution is -2.38. The fraction of sp³-hybridized carbons (Fsp3) is 0.391. The Balaban J connectivity index is 1.96. The average Bonchev–Trinajstić information content (AvgIpc) is 2.66. The van der Waals surface area contributed by atoms with E-state index in [4.69, 9.17) is 4.74 Å². The van der Waals surface area contributed by atoms with Gasteiger partial charge in [-0.1, -0.05) is 31.2 Å². The van der Waals surface area contributed by atoms with Crippen molar-refractivity contribution in [2.75, 3.05) is 5.75 Å². The number of carbonyl (C=O) groups is 2. The molecule has 2 rings (SSSR count). The molecule has 0 radical (unpaired) electrons. The fourth-order valence-electron chi connectivity index (χ4n) is 2.66. The van der Waals surface area contributed by atoms with Gasteiger partial charge in [-0.25, -0.2) is 4.79 Å². The summed E-state index contributed by atoms with van der Waals surface area (Å²) in [5, 5.41) is 9.20. The summed E-state index contributed by atoms with van der Waals surface area (Å²) in [7, 11) is 0. The minimum atomic E-state index is -1.29. The van der Waals surface area contributed by atoms with Crippen LogP contribution in [0.4, 0.5) is 0 Å². The molecule has 0 unspecified atom stereocenters. The molecule has 0 aliphatic carbocycles. The summed E-state index contributed by atoms with van der Waals surface area (Å²) >= 11 is 1.80. The molecule has 0 spiro atoms. The molecular formula is C23H28O4S. The van der Waals surface area contributed by atoms with Gasteiger partial charge in [0.1, 0.15) is 5.75 Å². The number of ether oxygens (including phenoxy) is 1. The second-order valence-corrected chi connectivity index (χ2v) is 8.48. The maximum absolute atomic E-state index is 12.5. The van der Waals surface area contributed by atoms with Crippen molar-refractivity contribution in [3.05, 3.63) is 59.2 Å². The van der Waals surface area contributed by atoms with E-state index in [0.717, 1.165) is 28.9 Å². The molecule has 0 heterocycles. The molecule has 0 atom stereocenters. The zero-order valence-electron chi connectivity index (χ0n) is 17.0. The van der Waals surface area contributed by atoms with Crippen LogP contribution in [0.3, 0.4) is 0 Å². The van der Waals surface area contributed by atoms with Gasteiger partial charge >= 0.3 is 5.97 Å². The van der Waals surface area contributed by atoms with Gasteiger partial charge in [-0.2, -0.15) is 0 Å². The third kappa shape index (κ3) is 6.13. The molecule has 0 saturated carbocycles. The summed E-state index contributed by atoms with van der Waals surface area (Å²) in [5.74, 6) is 0.732. The van der Waals surface area contributed by atoms with Crippen LogP contribution in [-0.4, -0.2) is 28.2 Å². The maximum atomic E-state index is 12.5. The first kappa shape index (κ1) is 22.0. The Morgan fingerprint density at radius 3 is 2.36 bits per heavy atom. The number of benzene rings is 2. The number of carboxylic acid groups (broad SMARTS) is 1. The maximum Gasteiger partial charge on any atom is 0.347 e. The number of hydrogen-bond acceptors (Lipinski definition) is 4. The van der Waals surface area contributed by atoms with Crippen molar-refractivity contribution in [2.24, 2.45) is 0 Å². The lowest BCUT2D eigenvalue weighted by atomic mass is 10.0. The predicted molar refractivity (Wildman–Crippen MR) is 114 cm³/mol. The van der Waals surface area contributed by atoms with E-state index in [2.05, 4.69) is 6.92 Å². The zero-order valence-corrected chi connectivity index (χ0v) is 17.8. The molecule has 28 heavy (non-hydrogen) atoms. The Labute approximate surface area is 171 Å². The molecular weight excluding hydrogens is 372 g/mol. The van der Waals surface area contributed by atoms with E-state index in [0.29, 0.717) is 18.6 Å². The molecule has 0 aromatic heterocycles. The zero-order chi connectivity index (χ0) is 20.7. The number of carboxylic acids is 1. The van der Waals surface area contributed by atoms with E-state index >= 15 is 0 Å². The van der Waals surface area contributed by atoms with Crippen molar-refractivity contribution in [3.8, 4) is 5.75 Å². The van der Waals surface area contributed by atoms with Crippen LogP contribution >= 0.6 is 11.8 Å². The van der Waals surface area contributed by atoms with E-state index in [1.165, 1.54) is 18.7 Å². The predicted octanol–water partition coefficient (Wildman–Crippen LogP) is 5.55. The van der Waals surface area contributed by atoms with Gasteiger partial charge in [0.25, 0.3) is 0 Å². The summed E-state index contributed by atoms with van der Waals surface area (Å²) in [5.41, 5.74) is 1.34. The monoisotopic (exact) mass is 400 g/mol. The quantitative estimate of drug-likeness (QED) is 0.418. The standard InChI is InChI=1S/C23H28O4S/c1-5-14-28-19-10-8-18(9-11-19)20(24)12-6-17-7-13-21(16(2)15-17)27-23(3,4)22(25)26/h7-11,13,15H,5-6,12,14H2,1-4H3,(H,25,26). The smallest absolute Gasteiger partial charge is 0.347 e. The molecule has 0 amide bonds. The van der Waals surface area contributed by atoms with Crippen LogP contribution in [-0.2, 0) is 11.2 Å². The van der Waals surface area contributed by atoms with Crippen molar-refractivity contribution >= 4 is 23.5 Å². The topological polar surface area (TPSA) is 63.6 Å². The van der Waals surface area contributed by atoms with Crippen LogP contribution < -0.4 is 4.74 Å². The van der Waals surface area contributed by atoms with Gasteiger partial charge in [0.05, 0.1) is 0 Å². The molecule has 0 bridgehead atoms. The lowest BCUT2D eigenvalue weighted by molar-refractivity contribution is -0.152. The number of carbonyl (C=O) groups excluding carboxylic acids is 1. The summed E-state index contributed by atoms with van der Waals surface area (Å²) in [6.45, 7) is 7.07. The molecule has 5 heteroatoms. The molecule has 2 aromatic carbocycles. The molecule has 0 saturated heterocycles. The third-order valence-electron chi connectivity index (χ3n) is 4.41. The van der Waals surface area contributed by atoms with E-state index in [1.54, 1.807) is 17.8 Å². The second kappa shape index (κ2) is 9.78. The Bertz CT molecular complexity index is 825. The number of aryl methyl sites for hydroxylation is 2. The molecule has 0 aliphatic rings. The number of ketones is 1. The third-order valence-corrected chi connectivity index (χ3v) is 5.63. The van der Waals surface area contributed by atoms with E-state index in [1.807, 2.05) is 43.3 Å². The molecule has 4 nitrogen and oxygen atoms in total. The van der Waals surface area contributed by atoms with Gasteiger partial charge in [-0.05, 0) is 68.7 Å². The van der Waals surface area contributed by atoms with Gasteiger partial charge in [0.15, 0.2) is 11.4 Å². The highest BCUT2D eigenvalue weighted by atomic mass is 32.2. The Morgan fingerprint density at radius 2 is 1.79 bits per heavy atom. The molecule has 1 N–H and O–H groups in total.